The Morgan fingerprint density at radius 3 is 2.42 bits per heavy atom. The molecule has 1 unspecified atom stereocenters. The maximum Gasteiger partial charge on any atom is 0.0342 e. The lowest BCUT2D eigenvalue weighted by Gasteiger charge is -2.16. The molecule has 0 heterocycles. The molecule has 0 amide bonds. The fourth-order valence-electron chi connectivity index (χ4n) is 3.19. The molecule has 3 rings (SSSR count). The van der Waals surface area contributed by atoms with Crippen LogP contribution in [0.25, 0.3) is 6.08 Å². The SMILES string of the molecule is C=C/C=C\C=C\c1ccc(NC2CC=CC(C3=CCCC=C3)=CC2)cc1. The number of nitrogens with one attached hydrogen (secondary N) is 1. The molecular weight excluding hydrogens is 314 g/mol. The first-order chi connectivity index (χ1) is 12.8. The zero-order valence-electron chi connectivity index (χ0n) is 15.3. The van der Waals surface area contributed by atoms with Crippen LogP contribution in [0.15, 0.2) is 103 Å². The fraction of sp³-hybridized carbons (Fsp3) is 0.200. The van der Waals surface area contributed by atoms with E-state index in [2.05, 4.69) is 78.7 Å². The minimum absolute atomic E-state index is 0.439. The molecule has 0 spiro atoms. The lowest BCUT2D eigenvalue weighted by atomic mass is 9.99. The van der Waals surface area contributed by atoms with Crippen molar-refractivity contribution in [1.82, 2.24) is 0 Å². The molecule has 1 N–H and O–H groups in total. The Balaban J connectivity index is 1.58. The summed E-state index contributed by atoms with van der Waals surface area (Å²) in [5, 5.41) is 3.66. The molecule has 1 aromatic carbocycles. The van der Waals surface area contributed by atoms with Crippen LogP contribution in [0.1, 0.15) is 31.2 Å². The maximum atomic E-state index is 3.67. The molecule has 1 heteroatoms. The Kier molecular flexibility index (Phi) is 6.66. The van der Waals surface area contributed by atoms with Crippen molar-refractivity contribution in [2.75, 3.05) is 5.32 Å². The van der Waals surface area contributed by atoms with E-state index in [1.165, 1.54) is 28.8 Å². The average Bonchev–Trinajstić information content (AvgIpc) is 2.93. The second-order valence-corrected chi connectivity index (χ2v) is 6.62. The van der Waals surface area contributed by atoms with E-state index in [9.17, 15) is 0 Å². The molecule has 1 nitrogen and oxygen atoms in total. The lowest BCUT2D eigenvalue weighted by molar-refractivity contribution is 0.748. The van der Waals surface area contributed by atoms with Gasteiger partial charge >= 0.3 is 0 Å². The Labute approximate surface area is 157 Å². The van der Waals surface area contributed by atoms with Crippen LogP contribution in [0.5, 0.6) is 0 Å². The third-order valence-electron chi connectivity index (χ3n) is 4.60. The Bertz CT molecular complexity index is 782. The molecule has 2 aliphatic carbocycles. The summed E-state index contributed by atoms with van der Waals surface area (Å²) in [5.41, 5.74) is 5.10. The number of anilines is 1. The monoisotopic (exact) mass is 341 g/mol. The zero-order valence-corrected chi connectivity index (χ0v) is 15.3. The van der Waals surface area contributed by atoms with Gasteiger partial charge in [0.2, 0.25) is 0 Å². The summed E-state index contributed by atoms with van der Waals surface area (Å²) in [6.07, 6.45) is 28.0. The van der Waals surface area contributed by atoms with Gasteiger partial charge in [-0.05, 0) is 54.5 Å². The summed E-state index contributed by atoms with van der Waals surface area (Å²) in [6.45, 7) is 3.67. The van der Waals surface area contributed by atoms with E-state index in [4.69, 9.17) is 0 Å². The van der Waals surface area contributed by atoms with Crippen molar-refractivity contribution >= 4 is 11.8 Å². The normalized spacial score (nSPS) is 20.1. The van der Waals surface area contributed by atoms with E-state index < -0.39 is 0 Å². The van der Waals surface area contributed by atoms with Crippen LogP contribution in [0.4, 0.5) is 5.69 Å². The average molecular weight is 341 g/mol. The highest BCUT2D eigenvalue weighted by Crippen LogP contribution is 2.24. The molecular formula is C25H27N. The Morgan fingerprint density at radius 1 is 0.846 bits per heavy atom. The van der Waals surface area contributed by atoms with E-state index >= 15 is 0 Å². The lowest BCUT2D eigenvalue weighted by Crippen LogP contribution is -2.17. The van der Waals surface area contributed by atoms with Gasteiger partial charge in [0, 0.05) is 11.7 Å². The first-order valence-electron chi connectivity index (χ1n) is 9.41. The van der Waals surface area contributed by atoms with E-state index in [0.717, 1.165) is 19.3 Å². The van der Waals surface area contributed by atoms with Gasteiger partial charge in [0.1, 0.15) is 0 Å². The van der Waals surface area contributed by atoms with Crippen LogP contribution in [0.3, 0.4) is 0 Å². The predicted molar refractivity (Wildman–Crippen MR) is 115 cm³/mol. The highest BCUT2D eigenvalue weighted by Gasteiger charge is 2.10. The maximum absolute atomic E-state index is 3.67. The van der Waals surface area contributed by atoms with Crippen LogP contribution in [0, 0.1) is 0 Å². The predicted octanol–water partition coefficient (Wildman–Crippen LogP) is 6.78. The minimum atomic E-state index is 0.439. The second kappa shape index (κ2) is 9.62. The van der Waals surface area contributed by atoms with Crippen LogP contribution in [0.2, 0.25) is 0 Å². The van der Waals surface area contributed by atoms with Crippen molar-refractivity contribution in [1.29, 1.82) is 0 Å². The summed E-state index contributed by atoms with van der Waals surface area (Å²) in [7, 11) is 0. The van der Waals surface area contributed by atoms with Crippen LogP contribution in [-0.2, 0) is 0 Å². The topological polar surface area (TPSA) is 12.0 Å². The van der Waals surface area contributed by atoms with Gasteiger partial charge < -0.3 is 5.32 Å². The molecule has 0 aromatic heterocycles. The molecule has 0 saturated carbocycles. The summed E-state index contributed by atoms with van der Waals surface area (Å²) < 4.78 is 0. The molecule has 0 bridgehead atoms. The highest BCUT2D eigenvalue weighted by atomic mass is 14.9. The van der Waals surface area contributed by atoms with Gasteiger partial charge in [-0.3, -0.25) is 0 Å². The zero-order chi connectivity index (χ0) is 18.0. The molecule has 0 radical (unpaired) electrons. The second-order valence-electron chi connectivity index (χ2n) is 6.62. The molecule has 0 saturated heterocycles. The smallest absolute Gasteiger partial charge is 0.0342 e. The van der Waals surface area contributed by atoms with Gasteiger partial charge in [0.15, 0.2) is 0 Å². The number of benzene rings is 1. The van der Waals surface area contributed by atoms with E-state index in [1.54, 1.807) is 6.08 Å². The van der Waals surface area contributed by atoms with Crippen LogP contribution < -0.4 is 5.32 Å². The Hall–Kier alpha value is -2.80. The van der Waals surface area contributed by atoms with E-state index in [-0.39, 0.29) is 0 Å². The first-order valence-corrected chi connectivity index (χ1v) is 9.41. The van der Waals surface area contributed by atoms with Crippen LogP contribution >= 0.6 is 0 Å². The molecule has 0 fully saturated rings. The summed E-state index contributed by atoms with van der Waals surface area (Å²) >= 11 is 0. The molecule has 132 valence electrons. The highest BCUT2D eigenvalue weighted by molar-refractivity contribution is 5.56. The molecule has 0 aliphatic heterocycles. The summed E-state index contributed by atoms with van der Waals surface area (Å²) in [4.78, 5) is 0. The fourth-order valence-corrected chi connectivity index (χ4v) is 3.19. The van der Waals surface area contributed by atoms with Crippen molar-refractivity contribution in [3.63, 3.8) is 0 Å². The molecule has 2 aliphatic rings. The number of allylic oxidation sites excluding steroid dienone is 10. The van der Waals surface area contributed by atoms with Crippen LogP contribution in [-0.4, -0.2) is 6.04 Å². The van der Waals surface area contributed by atoms with Crippen molar-refractivity contribution < 1.29 is 0 Å². The van der Waals surface area contributed by atoms with E-state index in [1.807, 2.05) is 18.2 Å². The van der Waals surface area contributed by atoms with Gasteiger partial charge in [0.05, 0.1) is 0 Å². The van der Waals surface area contributed by atoms with Crippen molar-refractivity contribution in [2.45, 2.75) is 31.7 Å². The third-order valence-corrected chi connectivity index (χ3v) is 4.60. The standard InChI is InChI=1S/C25H27N/c1-2-3-4-6-10-21-15-18-25(19-16-21)26-24-14-9-13-23(17-20-24)22-11-7-5-8-12-22/h2-4,6-7,9-13,15-19,24,26H,1,5,8,14,20H2/b4-3-,10-6+. The van der Waals surface area contributed by atoms with Gasteiger partial charge in [-0.2, -0.15) is 0 Å². The minimum Gasteiger partial charge on any atom is -0.382 e. The van der Waals surface area contributed by atoms with E-state index in [0.29, 0.717) is 6.04 Å². The van der Waals surface area contributed by atoms with Crippen molar-refractivity contribution in [2.24, 2.45) is 0 Å². The van der Waals surface area contributed by atoms with Crippen molar-refractivity contribution in [3.05, 3.63) is 108 Å². The number of hydrogen-bond acceptors (Lipinski definition) is 1. The number of hydrogen-bond donors (Lipinski definition) is 1. The van der Waals surface area contributed by atoms with Crippen molar-refractivity contribution in [3.8, 4) is 0 Å². The Morgan fingerprint density at radius 2 is 1.65 bits per heavy atom. The summed E-state index contributed by atoms with van der Waals surface area (Å²) in [6, 6.07) is 9.04. The molecule has 1 atom stereocenters. The molecule has 1 aromatic rings. The first kappa shape index (κ1) is 18.0. The summed E-state index contributed by atoms with van der Waals surface area (Å²) in [5.74, 6) is 0. The number of rotatable bonds is 6. The third kappa shape index (κ3) is 5.35. The van der Waals surface area contributed by atoms with Gasteiger partial charge in [-0.25, -0.2) is 0 Å². The molecule has 26 heavy (non-hydrogen) atoms. The van der Waals surface area contributed by atoms with Gasteiger partial charge in [-0.15, -0.1) is 0 Å². The quantitative estimate of drug-likeness (QED) is 0.563. The largest absolute Gasteiger partial charge is 0.382 e. The van der Waals surface area contributed by atoms with Gasteiger partial charge in [-0.1, -0.05) is 85.5 Å². The van der Waals surface area contributed by atoms with Gasteiger partial charge in [0.25, 0.3) is 0 Å².